The van der Waals surface area contributed by atoms with Gasteiger partial charge in [0.2, 0.25) is 0 Å². The van der Waals surface area contributed by atoms with E-state index in [9.17, 15) is 13.2 Å². The lowest BCUT2D eigenvalue weighted by molar-refractivity contribution is -0.0522. The van der Waals surface area contributed by atoms with Gasteiger partial charge in [-0.3, -0.25) is 0 Å². The van der Waals surface area contributed by atoms with Crippen LogP contribution in [0.15, 0.2) is 18.2 Å². The van der Waals surface area contributed by atoms with Crippen LogP contribution in [-0.4, -0.2) is 6.61 Å². The largest absolute Gasteiger partial charge is 0.432 e. The summed E-state index contributed by atoms with van der Waals surface area (Å²) >= 11 is 0. The van der Waals surface area contributed by atoms with E-state index in [1.807, 2.05) is 0 Å². The first kappa shape index (κ1) is 9.89. The van der Waals surface area contributed by atoms with Crippen molar-refractivity contribution in [3.8, 4) is 5.75 Å². The van der Waals surface area contributed by atoms with Crippen molar-refractivity contribution in [3.05, 3.63) is 36.5 Å². The Bertz CT molecular complexity index is 286. The van der Waals surface area contributed by atoms with Gasteiger partial charge in [0.1, 0.15) is 0 Å². The van der Waals surface area contributed by atoms with Gasteiger partial charge in [-0.1, -0.05) is 6.07 Å². The van der Waals surface area contributed by atoms with E-state index >= 15 is 0 Å². The zero-order valence-corrected chi connectivity index (χ0v) is 6.77. The van der Waals surface area contributed by atoms with Crippen LogP contribution < -0.4 is 4.74 Å². The predicted octanol–water partition coefficient (Wildman–Crippen LogP) is 2.80. The second-order valence-corrected chi connectivity index (χ2v) is 2.39. The predicted molar refractivity (Wildman–Crippen MR) is 42.1 cm³/mol. The van der Waals surface area contributed by atoms with Crippen LogP contribution in [-0.2, 0) is 6.42 Å². The molecule has 1 rings (SSSR count). The van der Waals surface area contributed by atoms with Gasteiger partial charge in [-0.2, -0.15) is 8.78 Å². The normalized spacial score (nSPS) is 10.5. The molecule has 0 unspecified atom stereocenters. The van der Waals surface area contributed by atoms with Gasteiger partial charge in [0.05, 0.1) is 0 Å². The molecule has 0 N–H and O–H groups in total. The highest BCUT2D eigenvalue weighted by molar-refractivity contribution is 5.30. The SMILES string of the molecule is [CH2]Cc1ccc(F)c(OC(F)F)c1. The number of hydrogen-bond donors (Lipinski definition) is 0. The summed E-state index contributed by atoms with van der Waals surface area (Å²) in [6, 6.07) is 3.77. The molecule has 0 heterocycles. The Balaban J connectivity index is 2.90. The molecule has 1 nitrogen and oxygen atoms in total. The van der Waals surface area contributed by atoms with Gasteiger partial charge < -0.3 is 4.74 Å². The number of halogens is 3. The molecule has 0 bridgehead atoms. The van der Waals surface area contributed by atoms with E-state index in [2.05, 4.69) is 11.7 Å². The van der Waals surface area contributed by atoms with E-state index in [4.69, 9.17) is 0 Å². The molecule has 0 aromatic heterocycles. The van der Waals surface area contributed by atoms with E-state index < -0.39 is 18.2 Å². The van der Waals surface area contributed by atoms with E-state index in [1.165, 1.54) is 12.1 Å². The van der Waals surface area contributed by atoms with Crippen molar-refractivity contribution in [1.29, 1.82) is 0 Å². The fourth-order valence-corrected chi connectivity index (χ4v) is 0.890. The van der Waals surface area contributed by atoms with Crippen LogP contribution in [0.25, 0.3) is 0 Å². The van der Waals surface area contributed by atoms with Crippen LogP contribution in [0.5, 0.6) is 5.75 Å². The van der Waals surface area contributed by atoms with Gasteiger partial charge in [-0.05, 0) is 31.0 Å². The molecule has 0 aliphatic heterocycles. The first-order chi connectivity index (χ1) is 6.13. The van der Waals surface area contributed by atoms with Crippen LogP contribution in [0, 0.1) is 12.7 Å². The monoisotopic (exact) mass is 189 g/mol. The van der Waals surface area contributed by atoms with Crippen molar-refractivity contribution in [2.75, 3.05) is 0 Å². The van der Waals surface area contributed by atoms with Crippen LogP contribution in [0.4, 0.5) is 13.2 Å². The first-order valence-corrected chi connectivity index (χ1v) is 3.66. The Morgan fingerprint density at radius 1 is 1.38 bits per heavy atom. The van der Waals surface area contributed by atoms with Gasteiger partial charge in [-0.25, -0.2) is 4.39 Å². The molecule has 1 aromatic carbocycles. The Morgan fingerprint density at radius 3 is 2.62 bits per heavy atom. The third-order valence-corrected chi connectivity index (χ3v) is 1.50. The lowest BCUT2D eigenvalue weighted by Gasteiger charge is -2.06. The zero-order valence-electron chi connectivity index (χ0n) is 6.77. The van der Waals surface area contributed by atoms with Crippen molar-refractivity contribution in [2.24, 2.45) is 0 Å². The number of rotatable bonds is 3. The molecule has 0 atom stereocenters. The molecular weight excluding hydrogens is 181 g/mol. The molecule has 0 saturated carbocycles. The summed E-state index contributed by atoms with van der Waals surface area (Å²) in [6.45, 7) is 0.535. The molecule has 0 aliphatic rings. The molecule has 0 spiro atoms. The molecule has 4 heteroatoms. The molecule has 0 fully saturated rings. The average Bonchev–Trinajstić information content (AvgIpc) is 2.08. The highest BCUT2D eigenvalue weighted by Gasteiger charge is 2.09. The van der Waals surface area contributed by atoms with Gasteiger partial charge in [0.25, 0.3) is 0 Å². The van der Waals surface area contributed by atoms with Crippen molar-refractivity contribution in [3.63, 3.8) is 0 Å². The fraction of sp³-hybridized carbons (Fsp3) is 0.222. The van der Waals surface area contributed by atoms with Crippen molar-refractivity contribution < 1.29 is 17.9 Å². The minimum absolute atomic E-state index is 0.403. The topological polar surface area (TPSA) is 9.23 Å². The highest BCUT2D eigenvalue weighted by atomic mass is 19.3. The zero-order chi connectivity index (χ0) is 9.84. The number of hydrogen-bond acceptors (Lipinski definition) is 1. The van der Waals surface area contributed by atoms with Crippen LogP contribution in [0.1, 0.15) is 5.56 Å². The summed E-state index contributed by atoms with van der Waals surface area (Å²) in [7, 11) is 0. The van der Waals surface area contributed by atoms with Crippen molar-refractivity contribution >= 4 is 0 Å². The molecule has 1 aromatic rings. The van der Waals surface area contributed by atoms with E-state index in [0.717, 1.165) is 6.07 Å². The van der Waals surface area contributed by atoms with E-state index in [0.29, 0.717) is 12.0 Å². The van der Waals surface area contributed by atoms with Crippen LogP contribution >= 0.6 is 0 Å². The maximum atomic E-state index is 12.8. The van der Waals surface area contributed by atoms with Crippen molar-refractivity contribution in [1.82, 2.24) is 0 Å². The number of ether oxygens (including phenoxy) is 1. The lowest BCUT2D eigenvalue weighted by Crippen LogP contribution is -2.04. The molecule has 1 radical (unpaired) electrons. The minimum atomic E-state index is -3.01. The summed E-state index contributed by atoms with van der Waals surface area (Å²) in [5, 5.41) is 0. The van der Waals surface area contributed by atoms with Gasteiger partial charge in [-0.15, -0.1) is 0 Å². The molecule has 0 aliphatic carbocycles. The summed E-state index contributed by atoms with van der Waals surface area (Å²) in [4.78, 5) is 0. The van der Waals surface area contributed by atoms with Gasteiger partial charge in [0, 0.05) is 0 Å². The second kappa shape index (κ2) is 4.16. The Morgan fingerprint density at radius 2 is 2.08 bits per heavy atom. The Hall–Kier alpha value is -1.19. The second-order valence-electron chi connectivity index (χ2n) is 2.39. The average molecular weight is 189 g/mol. The van der Waals surface area contributed by atoms with Crippen molar-refractivity contribution in [2.45, 2.75) is 13.0 Å². The summed E-state index contributed by atoms with van der Waals surface area (Å²) in [6.07, 6.45) is 0.403. The van der Waals surface area contributed by atoms with E-state index in [1.54, 1.807) is 0 Å². The maximum Gasteiger partial charge on any atom is 0.387 e. The molecule has 71 valence electrons. The maximum absolute atomic E-state index is 12.8. The third kappa shape index (κ3) is 2.65. The lowest BCUT2D eigenvalue weighted by atomic mass is 10.1. The molecule has 0 amide bonds. The van der Waals surface area contributed by atoms with Crippen LogP contribution in [0.2, 0.25) is 0 Å². The number of alkyl halides is 2. The van der Waals surface area contributed by atoms with Gasteiger partial charge in [0.15, 0.2) is 11.6 Å². The Labute approximate surface area is 74.1 Å². The highest BCUT2D eigenvalue weighted by Crippen LogP contribution is 2.20. The molecule has 13 heavy (non-hydrogen) atoms. The smallest absolute Gasteiger partial charge is 0.387 e. The third-order valence-electron chi connectivity index (χ3n) is 1.50. The summed E-state index contributed by atoms with van der Waals surface area (Å²) < 4.78 is 40.2. The van der Waals surface area contributed by atoms with E-state index in [-0.39, 0.29) is 0 Å². The standard InChI is InChI=1S/C9H8F3O/c1-2-6-3-4-7(10)8(5-6)13-9(11)12/h3-5,9H,1-2H2. The first-order valence-electron chi connectivity index (χ1n) is 3.66. The Kier molecular flexibility index (Phi) is 3.17. The summed E-state index contributed by atoms with van der Waals surface area (Å²) in [5.41, 5.74) is 0.650. The summed E-state index contributed by atoms with van der Waals surface area (Å²) in [5.74, 6) is -1.23. The molecule has 0 saturated heterocycles. The van der Waals surface area contributed by atoms with Gasteiger partial charge >= 0.3 is 6.61 Å². The number of benzene rings is 1. The molecular formula is C9H8F3O. The quantitative estimate of drug-likeness (QED) is 0.710. The fourth-order valence-electron chi connectivity index (χ4n) is 0.890. The van der Waals surface area contributed by atoms with Crippen LogP contribution in [0.3, 0.4) is 0 Å². The minimum Gasteiger partial charge on any atom is -0.432 e.